The minimum atomic E-state index is -0.396. The van der Waals surface area contributed by atoms with E-state index < -0.39 is 11.8 Å². The number of hydrazine groups is 1. The number of carbonyl (C=O) groups excluding carboxylic acids is 2. The third-order valence-corrected chi connectivity index (χ3v) is 5.73. The zero-order valence-electron chi connectivity index (χ0n) is 15.8. The first-order valence-electron chi connectivity index (χ1n) is 9.03. The van der Waals surface area contributed by atoms with Crippen molar-refractivity contribution in [3.8, 4) is 0 Å². The molecule has 3 heterocycles. The highest BCUT2D eigenvalue weighted by molar-refractivity contribution is 7.71. The molecule has 1 saturated heterocycles. The van der Waals surface area contributed by atoms with Crippen LogP contribution in [0.1, 0.15) is 34.5 Å². The number of morpholine rings is 1. The SMILES string of the molecule is CCCc1n[nH]c(=S)n1CC(=O)NNC(=O)c1sc(N2CCOCC2)nc1C. The molecule has 0 radical (unpaired) electrons. The molecule has 0 aromatic carbocycles. The van der Waals surface area contributed by atoms with Crippen LogP contribution < -0.4 is 15.8 Å². The maximum Gasteiger partial charge on any atom is 0.281 e. The number of hydrogen-bond acceptors (Lipinski definition) is 8. The van der Waals surface area contributed by atoms with Crippen LogP contribution in [0.2, 0.25) is 0 Å². The van der Waals surface area contributed by atoms with Crippen LogP contribution in [-0.2, 0) is 22.5 Å². The van der Waals surface area contributed by atoms with Crippen LogP contribution in [0, 0.1) is 11.7 Å². The third-order valence-electron chi connectivity index (χ3n) is 4.20. The first-order chi connectivity index (χ1) is 13.5. The number of amides is 2. The largest absolute Gasteiger partial charge is 0.378 e. The lowest BCUT2D eigenvalue weighted by atomic mass is 10.3. The van der Waals surface area contributed by atoms with E-state index in [9.17, 15) is 9.59 Å². The molecular formula is C16H23N7O3S2. The molecular weight excluding hydrogens is 402 g/mol. The number of aromatic nitrogens is 4. The molecule has 0 bridgehead atoms. The van der Waals surface area contributed by atoms with Crippen LogP contribution in [0.3, 0.4) is 0 Å². The summed E-state index contributed by atoms with van der Waals surface area (Å²) in [6.45, 7) is 6.56. The molecule has 152 valence electrons. The summed E-state index contributed by atoms with van der Waals surface area (Å²) in [6, 6.07) is 0. The van der Waals surface area contributed by atoms with Crippen molar-refractivity contribution < 1.29 is 14.3 Å². The van der Waals surface area contributed by atoms with E-state index in [1.54, 1.807) is 11.5 Å². The summed E-state index contributed by atoms with van der Waals surface area (Å²) in [5.74, 6) is -0.0753. The van der Waals surface area contributed by atoms with Crippen molar-refractivity contribution in [2.45, 2.75) is 33.2 Å². The lowest BCUT2D eigenvalue weighted by Gasteiger charge is -2.25. The van der Waals surface area contributed by atoms with Crippen molar-refractivity contribution >= 4 is 40.5 Å². The summed E-state index contributed by atoms with van der Waals surface area (Å²) in [5.41, 5.74) is 5.51. The highest BCUT2D eigenvalue weighted by atomic mass is 32.1. The molecule has 1 fully saturated rings. The summed E-state index contributed by atoms with van der Waals surface area (Å²) < 4.78 is 7.33. The van der Waals surface area contributed by atoms with Gasteiger partial charge in [-0.3, -0.25) is 30.1 Å². The van der Waals surface area contributed by atoms with Crippen LogP contribution in [-0.4, -0.2) is 57.9 Å². The fourth-order valence-electron chi connectivity index (χ4n) is 2.78. The van der Waals surface area contributed by atoms with Crippen LogP contribution in [0.5, 0.6) is 0 Å². The van der Waals surface area contributed by atoms with Crippen LogP contribution in [0.15, 0.2) is 0 Å². The molecule has 0 atom stereocenters. The van der Waals surface area contributed by atoms with E-state index in [2.05, 4.69) is 30.9 Å². The Hall–Kier alpha value is -2.31. The second kappa shape index (κ2) is 9.26. The number of ether oxygens (including phenoxy) is 1. The van der Waals surface area contributed by atoms with Gasteiger partial charge in [-0.2, -0.15) is 5.10 Å². The second-order valence-electron chi connectivity index (χ2n) is 6.29. The highest BCUT2D eigenvalue weighted by Crippen LogP contribution is 2.26. The number of rotatable bonds is 6. The Morgan fingerprint density at radius 3 is 2.79 bits per heavy atom. The number of thiazole rings is 1. The monoisotopic (exact) mass is 425 g/mol. The third kappa shape index (κ3) is 4.75. The zero-order chi connectivity index (χ0) is 20.1. The number of nitrogens with one attached hydrogen (secondary N) is 3. The average Bonchev–Trinajstić information content (AvgIpc) is 3.25. The molecule has 10 nitrogen and oxygen atoms in total. The molecule has 3 rings (SSSR count). The van der Waals surface area contributed by atoms with Gasteiger partial charge in [0.2, 0.25) is 0 Å². The molecule has 3 N–H and O–H groups in total. The van der Waals surface area contributed by atoms with Gasteiger partial charge in [0.1, 0.15) is 17.2 Å². The molecule has 0 unspecified atom stereocenters. The molecule has 0 spiro atoms. The molecule has 1 aliphatic rings. The summed E-state index contributed by atoms with van der Waals surface area (Å²) in [7, 11) is 0. The number of H-pyrrole nitrogens is 1. The van der Waals surface area contributed by atoms with E-state index in [0.29, 0.717) is 40.8 Å². The zero-order valence-corrected chi connectivity index (χ0v) is 17.4. The molecule has 28 heavy (non-hydrogen) atoms. The van der Waals surface area contributed by atoms with Gasteiger partial charge in [-0.1, -0.05) is 18.3 Å². The Bertz CT molecular complexity index is 898. The predicted molar refractivity (Wildman–Crippen MR) is 107 cm³/mol. The van der Waals surface area contributed by atoms with Gasteiger partial charge in [0, 0.05) is 19.5 Å². The fourth-order valence-corrected chi connectivity index (χ4v) is 4.01. The number of aromatic amines is 1. The number of hydrogen-bond donors (Lipinski definition) is 3. The summed E-state index contributed by atoms with van der Waals surface area (Å²) >= 11 is 6.46. The molecule has 12 heteroatoms. The minimum Gasteiger partial charge on any atom is -0.378 e. The first-order valence-corrected chi connectivity index (χ1v) is 10.3. The van der Waals surface area contributed by atoms with E-state index in [1.165, 1.54) is 11.3 Å². The van der Waals surface area contributed by atoms with Crippen LogP contribution in [0.25, 0.3) is 0 Å². The summed E-state index contributed by atoms with van der Waals surface area (Å²) in [4.78, 5) is 31.7. The molecule has 0 aliphatic carbocycles. The van der Waals surface area contributed by atoms with Crippen molar-refractivity contribution in [3.05, 3.63) is 21.2 Å². The Labute approximate surface area is 171 Å². The Kier molecular flexibility index (Phi) is 6.75. The van der Waals surface area contributed by atoms with E-state index in [-0.39, 0.29) is 6.54 Å². The summed E-state index contributed by atoms with van der Waals surface area (Å²) in [6.07, 6.45) is 1.59. The van der Waals surface area contributed by atoms with E-state index >= 15 is 0 Å². The van der Waals surface area contributed by atoms with Crippen molar-refractivity contribution in [2.24, 2.45) is 0 Å². The van der Waals surface area contributed by atoms with Crippen LogP contribution >= 0.6 is 23.6 Å². The van der Waals surface area contributed by atoms with E-state index in [1.807, 2.05) is 6.92 Å². The smallest absolute Gasteiger partial charge is 0.281 e. The molecule has 0 saturated carbocycles. The predicted octanol–water partition coefficient (Wildman–Crippen LogP) is 0.956. The Morgan fingerprint density at radius 1 is 1.32 bits per heavy atom. The molecule has 2 amide bonds. The van der Waals surface area contributed by atoms with E-state index in [4.69, 9.17) is 17.0 Å². The average molecular weight is 426 g/mol. The normalized spacial score (nSPS) is 14.1. The number of nitrogens with zero attached hydrogens (tertiary/aromatic N) is 4. The first kappa shape index (κ1) is 20.4. The molecule has 2 aromatic rings. The minimum absolute atomic E-state index is 0.0222. The van der Waals surface area contributed by atoms with E-state index in [0.717, 1.165) is 24.6 Å². The maximum absolute atomic E-state index is 12.5. The Morgan fingerprint density at radius 2 is 2.07 bits per heavy atom. The highest BCUT2D eigenvalue weighted by Gasteiger charge is 2.21. The number of aryl methyl sites for hydroxylation is 2. The number of carbonyl (C=O) groups is 2. The standard InChI is InChI=1S/C16H23N7O3S2/c1-3-4-11-18-21-15(27)23(11)9-12(24)19-20-14(25)13-10(2)17-16(28-13)22-5-7-26-8-6-22/h3-9H2,1-2H3,(H,19,24)(H,20,25)(H,21,27). The van der Waals surface area contributed by atoms with Gasteiger partial charge in [0.25, 0.3) is 11.8 Å². The second-order valence-corrected chi connectivity index (χ2v) is 7.66. The van der Waals surface area contributed by atoms with Crippen molar-refractivity contribution in [1.82, 2.24) is 30.6 Å². The van der Waals surface area contributed by atoms with Gasteiger partial charge in [-0.25, -0.2) is 4.98 Å². The molecule has 2 aromatic heterocycles. The lowest BCUT2D eigenvalue weighted by Crippen LogP contribution is -2.43. The number of anilines is 1. The van der Waals surface area contributed by atoms with Crippen molar-refractivity contribution in [3.63, 3.8) is 0 Å². The van der Waals surface area contributed by atoms with Gasteiger partial charge in [-0.05, 0) is 25.6 Å². The van der Waals surface area contributed by atoms with Gasteiger partial charge < -0.3 is 9.64 Å². The maximum atomic E-state index is 12.5. The lowest BCUT2D eigenvalue weighted by molar-refractivity contribution is -0.122. The molecule has 1 aliphatic heterocycles. The topological polar surface area (TPSA) is 117 Å². The van der Waals surface area contributed by atoms with Gasteiger partial charge in [0.15, 0.2) is 9.90 Å². The summed E-state index contributed by atoms with van der Waals surface area (Å²) in [5, 5.41) is 7.59. The fraction of sp³-hybridized carbons (Fsp3) is 0.562. The van der Waals surface area contributed by atoms with Gasteiger partial charge >= 0.3 is 0 Å². The Balaban J connectivity index is 1.58. The van der Waals surface area contributed by atoms with Crippen molar-refractivity contribution in [1.29, 1.82) is 0 Å². The quantitative estimate of drug-likeness (QED) is 0.466. The van der Waals surface area contributed by atoms with Gasteiger partial charge in [0.05, 0.1) is 18.9 Å². The van der Waals surface area contributed by atoms with Gasteiger partial charge in [-0.15, -0.1) is 0 Å². The van der Waals surface area contributed by atoms with Crippen LogP contribution in [0.4, 0.5) is 5.13 Å². The van der Waals surface area contributed by atoms with Crippen molar-refractivity contribution in [2.75, 3.05) is 31.2 Å².